The number of benzene rings is 2. The Kier molecular flexibility index (Phi) is 6.16. The monoisotopic (exact) mass is 378 g/mol. The quantitative estimate of drug-likeness (QED) is 0.640. The van der Waals surface area contributed by atoms with Gasteiger partial charge < -0.3 is 10.6 Å². The second-order valence-corrected chi connectivity index (χ2v) is 6.46. The average molecular weight is 378 g/mol. The molecule has 0 aliphatic rings. The Morgan fingerprint density at radius 2 is 1.61 bits per heavy atom. The molecule has 7 heteroatoms. The lowest BCUT2D eigenvalue weighted by Crippen LogP contribution is -2.38. The molecule has 0 unspecified atom stereocenters. The number of rotatable bonds is 7. The SMILES string of the molecule is Cn1nc(CC(=O)NCC(=O)NCCc2ccccc2)c2ccccc2c1=O. The fourth-order valence-electron chi connectivity index (χ4n) is 2.95. The van der Waals surface area contributed by atoms with Crippen LogP contribution in [0.1, 0.15) is 11.3 Å². The second-order valence-electron chi connectivity index (χ2n) is 6.46. The molecule has 0 fully saturated rings. The number of nitrogens with zero attached hydrogens (tertiary/aromatic N) is 2. The van der Waals surface area contributed by atoms with Crippen LogP contribution >= 0.6 is 0 Å². The highest BCUT2D eigenvalue weighted by Crippen LogP contribution is 2.13. The van der Waals surface area contributed by atoms with Crippen molar-refractivity contribution in [1.29, 1.82) is 0 Å². The number of carbonyl (C=O) groups excluding carboxylic acids is 2. The van der Waals surface area contributed by atoms with Crippen molar-refractivity contribution < 1.29 is 9.59 Å². The van der Waals surface area contributed by atoms with Crippen LogP contribution in [-0.2, 0) is 29.5 Å². The van der Waals surface area contributed by atoms with Crippen LogP contribution in [0.25, 0.3) is 10.8 Å². The fourth-order valence-corrected chi connectivity index (χ4v) is 2.95. The minimum absolute atomic E-state index is 0.00801. The topological polar surface area (TPSA) is 93.1 Å². The second kappa shape index (κ2) is 8.94. The van der Waals surface area contributed by atoms with Gasteiger partial charge in [-0.05, 0) is 18.1 Å². The van der Waals surface area contributed by atoms with Crippen LogP contribution in [-0.4, -0.2) is 34.7 Å². The van der Waals surface area contributed by atoms with Gasteiger partial charge in [0.15, 0.2) is 0 Å². The number of amides is 2. The predicted molar refractivity (Wildman–Crippen MR) is 107 cm³/mol. The summed E-state index contributed by atoms with van der Waals surface area (Å²) in [6.45, 7) is 0.406. The van der Waals surface area contributed by atoms with E-state index in [1.807, 2.05) is 30.3 Å². The number of hydrogen-bond donors (Lipinski definition) is 2. The van der Waals surface area contributed by atoms with Gasteiger partial charge in [-0.2, -0.15) is 5.10 Å². The van der Waals surface area contributed by atoms with E-state index in [2.05, 4.69) is 15.7 Å². The minimum atomic E-state index is -0.325. The van der Waals surface area contributed by atoms with Crippen LogP contribution in [0.2, 0.25) is 0 Å². The van der Waals surface area contributed by atoms with E-state index in [4.69, 9.17) is 0 Å². The molecule has 3 aromatic rings. The van der Waals surface area contributed by atoms with E-state index in [1.165, 1.54) is 4.68 Å². The molecular formula is C21H22N4O3. The van der Waals surface area contributed by atoms with Crippen molar-refractivity contribution in [2.75, 3.05) is 13.1 Å². The Morgan fingerprint density at radius 3 is 2.36 bits per heavy atom. The maximum absolute atomic E-state index is 12.2. The van der Waals surface area contributed by atoms with E-state index in [0.29, 0.717) is 23.0 Å². The van der Waals surface area contributed by atoms with Gasteiger partial charge in [-0.15, -0.1) is 0 Å². The molecule has 0 aliphatic carbocycles. The Bertz CT molecular complexity index is 1040. The van der Waals surface area contributed by atoms with Gasteiger partial charge in [-0.25, -0.2) is 4.68 Å². The minimum Gasteiger partial charge on any atom is -0.354 e. The van der Waals surface area contributed by atoms with Gasteiger partial charge in [0.25, 0.3) is 5.56 Å². The highest BCUT2D eigenvalue weighted by atomic mass is 16.2. The largest absolute Gasteiger partial charge is 0.354 e. The van der Waals surface area contributed by atoms with E-state index in [-0.39, 0.29) is 30.3 Å². The van der Waals surface area contributed by atoms with Crippen molar-refractivity contribution in [2.45, 2.75) is 12.8 Å². The third-order valence-corrected chi connectivity index (χ3v) is 4.39. The molecule has 0 saturated carbocycles. The van der Waals surface area contributed by atoms with Crippen LogP contribution in [0, 0.1) is 0 Å². The summed E-state index contributed by atoms with van der Waals surface area (Å²) in [6, 6.07) is 16.9. The van der Waals surface area contributed by atoms with Crippen LogP contribution in [0.5, 0.6) is 0 Å². The number of aryl methyl sites for hydroxylation is 1. The third kappa shape index (κ3) is 4.82. The molecule has 2 aromatic carbocycles. The van der Waals surface area contributed by atoms with Crippen molar-refractivity contribution >= 4 is 22.6 Å². The molecule has 0 atom stereocenters. The molecule has 7 nitrogen and oxygen atoms in total. The summed E-state index contributed by atoms with van der Waals surface area (Å²) < 4.78 is 1.22. The summed E-state index contributed by atoms with van der Waals surface area (Å²) >= 11 is 0. The Labute approximate surface area is 162 Å². The molecule has 3 rings (SSSR count). The fraction of sp³-hybridized carbons (Fsp3) is 0.238. The highest BCUT2D eigenvalue weighted by Gasteiger charge is 2.13. The van der Waals surface area contributed by atoms with Gasteiger partial charge in [-0.1, -0.05) is 48.5 Å². The summed E-state index contributed by atoms with van der Waals surface area (Å²) in [5.41, 5.74) is 1.43. The molecule has 0 saturated heterocycles. The molecule has 0 aliphatic heterocycles. The van der Waals surface area contributed by atoms with Gasteiger partial charge in [0.2, 0.25) is 11.8 Å². The molecule has 0 radical (unpaired) electrons. The van der Waals surface area contributed by atoms with E-state index in [9.17, 15) is 14.4 Å². The first kappa shape index (κ1) is 19.3. The summed E-state index contributed by atoms with van der Waals surface area (Å²) in [7, 11) is 1.55. The number of aromatic nitrogens is 2. The van der Waals surface area contributed by atoms with Crippen molar-refractivity contribution in [2.24, 2.45) is 7.05 Å². The molecule has 2 N–H and O–H groups in total. The Morgan fingerprint density at radius 1 is 0.929 bits per heavy atom. The molecule has 1 aromatic heterocycles. The van der Waals surface area contributed by atoms with Crippen LogP contribution in [0.3, 0.4) is 0 Å². The lowest BCUT2D eigenvalue weighted by Gasteiger charge is -2.09. The first-order valence-electron chi connectivity index (χ1n) is 9.07. The zero-order chi connectivity index (χ0) is 19.9. The maximum Gasteiger partial charge on any atom is 0.274 e. The van der Waals surface area contributed by atoms with E-state index >= 15 is 0 Å². The average Bonchev–Trinajstić information content (AvgIpc) is 2.71. The normalized spacial score (nSPS) is 10.6. The van der Waals surface area contributed by atoms with Crippen molar-refractivity contribution in [3.8, 4) is 0 Å². The van der Waals surface area contributed by atoms with E-state index in [1.54, 1.807) is 31.3 Å². The maximum atomic E-state index is 12.2. The van der Waals surface area contributed by atoms with Gasteiger partial charge in [0.05, 0.1) is 24.0 Å². The number of carbonyl (C=O) groups is 2. The standard InChI is InChI=1S/C21H22N4O3/c1-25-21(28)17-10-6-5-9-16(17)18(24-25)13-19(26)23-14-20(27)22-12-11-15-7-3-2-4-8-15/h2-10H,11-14H2,1H3,(H,22,27)(H,23,26). The van der Waals surface area contributed by atoms with Crippen molar-refractivity contribution in [3.05, 3.63) is 76.2 Å². The molecule has 2 amide bonds. The smallest absolute Gasteiger partial charge is 0.274 e. The number of fused-ring (bicyclic) bond motifs is 1. The first-order chi connectivity index (χ1) is 13.5. The molecule has 28 heavy (non-hydrogen) atoms. The highest BCUT2D eigenvalue weighted by molar-refractivity contribution is 5.90. The molecule has 0 bridgehead atoms. The van der Waals surface area contributed by atoms with E-state index < -0.39 is 0 Å². The van der Waals surface area contributed by atoms with Crippen molar-refractivity contribution in [1.82, 2.24) is 20.4 Å². The van der Waals surface area contributed by atoms with Crippen LogP contribution < -0.4 is 16.2 Å². The predicted octanol–water partition coefficient (Wildman–Crippen LogP) is 0.951. The summed E-state index contributed by atoms with van der Waals surface area (Å²) in [4.78, 5) is 36.3. The van der Waals surface area contributed by atoms with Gasteiger partial charge in [0.1, 0.15) is 0 Å². The zero-order valence-electron chi connectivity index (χ0n) is 15.6. The number of nitrogens with one attached hydrogen (secondary N) is 2. The van der Waals surface area contributed by atoms with Gasteiger partial charge >= 0.3 is 0 Å². The Balaban J connectivity index is 1.52. The third-order valence-electron chi connectivity index (χ3n) is 4.39. The Hall–Kier alpha value is -3.48. The van der Waals surface area contributed by atoms with Crippen molar-refractivity contribution in [3.63, 3.8) is 0 Å². The van der Waals surface area contributed by atoms with Crippen LogP contribution in [0.15, 0.2) is 59.4 Å². The molecular weight excluding hydrogens is 356 g/mol. The summed E-state index contributed by atoms with van der Waals surface area (Å²) in [6.07, 6.45) is 0.723. The van der Waals surface area contributed by atoms with Gasteiger partial charge in [0, 0.05) is 19.0 Å². The van der Waals surface area contributed by atoms with E-state index in [0.717, 1.165) is 12.0 Å². The lowest BCUT2D eigenvalue weighted by molar-refractivity contribution is -0.125. The summed E-state index contributed by atoms with van der Waals surface area (Å²) in [5, 5.41) is 10.7. The first-order valence-corrected chi connectivity index (χ1v) is 9.07. The summed E-state index contributed by atoms with van der Waals surface area (Å²) in [5.74, 6) is -0.572. The zero-order valence-corrected chi connectivity index (χ0v) is 15.6. The van der Waals surface area contributed by atoms with Gasteiger partial charge in [-0.3, -0.25) is 14.4 Å². The molecule has 0 spiro atoms. The molecule has 144 valence electrons. The van der Waals surface area contributed by atoms with Crippen LogP contribution in [0.4, 0.5) is 0 Å². The lowest BCUT2D eigenvalue weighted by atomic mass is 10.1. The molecule has 1 heterocycles. The number of hydrogen-bond acceptors (Lipinski definition) is 4.